The lowest BCUT2D eigenvalue weighted by Crippen LogP contribution is -2.52. The van der Waals surface area contributed by atoms with Crippen molar-refractivity contribution in [2.75, 3.05) is 111 Å². The van der Waals surface area contributed by atoms with Crippen molar-refractivity contribution in [1.82, 2.24) is 39.5 Å². The van der Waals surface area contributed by atoms with Gasteiger partial charge >= 0.3 is 0 Å². The van der Waals surface area contributed by atoms with Crippen molar-refractivity contribution < 1.29 is 87.4 Å². The van der Waals surface area contributed by atoms with Gasteiger partial charge in [-0.1, -0.05) is 202 Å². The molecule has 20 rings (SSSR count). The summed E-state index contributed by atoms with van der Waals surface area (Å²) in [6, 6.07) is 72.5. The van der Waals surface area contributed by atoms with Gasteiger partial charge < -0.3 is 98.3 Å². The molecule has 4 aliphatic heterocycles. The zero-order valence-corrected chi connectivity index (χ0v) is 82.2. The standard InChI is InChI=1S/2C27H27N3O4.C26H25BrN2O5.C26H27BrN2O4.CH3FS/c2*1-30(2)16-20-23(18-7-5-4-6-8-18)27(19-11-9-17(13-28)10-12-19)26(32,25(20)31)24-21(33-3)14-29-15-22(24)34-27;1-29(2)24(31)20-21(15-7-5-4-6-8-15)26(16-9-11-17(27)12-10-16)25(32,23(20)30)22-18(33-3)13-28-14-19(22)34-26;1-29(2)15-19-22(16-7-5-4-6-8-16)26(17-9-11-18(27)12-10-17)25(31,24(19)30)23-20(32-3)13-28-14-21(23)33-26;1-3-2/h2*4-12,14-15,20,23,25,31-32H,16H2,1-3H3;4-14,20-21,23,30,32H,1-3H3;4-14,19,22,24,30-31H,15H2,1-3H3;1H3/t20-,23?,25-,26+,27?;20-,23-,25-,26+,27+;20-,21?,23-,25+,26?;19-,22?,24-,25+,26?;/m1111./s1. The van der Waals surface area contributed by atoms with Crippen molar-refractivity contribution >= 4 is 49.9 Å². The fourth-order valence-corrected chi connectivity index (χ4v) is 23.9. The lowest BCUT2D eigenvalue weighted by molar-refractivity contribution is -0.156. The largest absolute Gasteiger partial charge is 0.495 e. The zero-order valence-electron chi connectivity index (χ0n) is 78.2. The van der Waals surface area contributed by atoms with Gasteiger partial charge in [-0.15, -0.1) is 0 Å². The fourth-order valence-electron chi connectivity index (χ4n) is 23.4. The summed E-state index contributed by atoms with van der Waals surface area (Å²) in [5, 5.41) is 117. The van der Waals surface area contributed by atoms with Gasteiger partial charge in [-0.25, -0.2) is 0 Å². The molecule has 27 nitrogen and oxygen atoms in total. The Kier molecular flexibility index (Phi) is 28.2. The SMILES string of the molecule is COc1cncc2c1[C@]1(O)[C@H](O)[C@H](C(=O)N(C)C)C(c3ccccc3)C1(c1ccc(Br)cc1)O2.COc1cncc2c1[C@]1(O)[C@H](O)[C@H](CN(C)C)C(c3ccccc3)C1(c1ccc(Br)cc1)O2.COc1cncc2c1[C@]1(O)[C@H](O)[C@H](CN(C)C)C(c3ccccc3)C1(c1ccc(C#N)cc1)O2.COc1cncc2c1[C@]1(O)[C@H](O)[C@H](CN(C)C)[C@@H](c3ccccc3)[C@]1(c1ccc(C#N)cc1)O2.CSF. The molecule has 4 fully saturated rings. The minimum atomic E-state index is -2.00. The van der Waals surface area contributed by atoms with Crippen LogP contribution < -0.4 is 37.9 Å². The van der Waals surface area contributed by atoms with E-state index in [1.54, 1.807) is 87.4 Å². The first-order valence-electron chi connectivity index (χ1n) is 44.8. The molecular weight excluding hydrogens is 1910 g/mol. The van der Waals surface area contributed by atoms with E-state index in [1.807, 2.05) is 227 Å². The van der Waals surface area contributed by atoms with Crippen LogP contribution in [0.15, 0.2) is 277 Å². The lowest BCUT2D eigenvalue weighted by atomic mass is 9.70. The van der Waals surface area contributed by atoms with Gasteiger partial charge in [-0.2, -0.15) is 14.4 Å². The molecule has 31 heteroatoms. The maximum absolute atomic E-state index is 13.6. The van der Waals surface area contributed by atoms with Crippen LogP contribution in [0.25, 0.3) is 0 Å². The summed E-state index contributed by atoms with van der Waals surface area (Å²) in [7, 11) is 21.0. The van der Waals surface area contributed by atoms with Crippen LogP contribution in [-0.2, 0) is 49.6 Å². The van der Waals surface area contributed by atoms with Crippen molar-refractivity contribution in [3.63, 3.8) is 0 Å². The number of aliphatic hydroxyl groups is 8. The number of nitriles is 2. The van der Waals surface area contributed by atoms with Crippen LogP contribution >= 0.6 is 44.0 Å². The Hall–Kier alpha value is -12.0. The predicted octanol–water partition coefficient (Wildman–Crippen LogP) is 13.6. The second-order valence-electron chi connectivity index (χ2n) is 36.7. The molecular formula is C107H109Br2FN10O17S. The maximum atomic E-state index is 13.6. The highest BCUT2D eigenvalue weighted by Gasteiger charge is 2.82. The molecule has 4 aliphatic carbocycles. The molecule has 4 aromatic heterocycles. The minimum Gasteiger partial charge on any atom is -0.495 e. The molecule has 1 amide bonds. The number of methoxy groups -OCH3 is 4. The number of rotatable bonds is 19. The smallest absolute Gasteiger partial charge is 0.228 e. The molecule has 20 atom stereocenters. The summed E-state index contributed by atoms with van der Waals surface area (Å²) < 4.78 is 61.1. The van der Waals surface area contributed by atoms with Crippen LogP contribution in [0.3, 0.4) is 0 Å². The number of aromatic nitrogens is 4. The Bertz CT molecular complexity index is 6260. The number of carbonyl (C=O) groups is 1. The number of aliphatic hydroxyl groups excluding tert-OH is 4. The van der Waals surface area contributed by atoms with E-state index >= 15 is 0 Å². The molecule has 8 heterocycles. The van der Waals surface area contributed by atoms with E-state index in [9.17, 15) is 60.1 Å². The fraction of sp³-hybridized carbons (Fsp3) is 0.336. The van der Waals surface area contributed by atoms with Gasteiger partial charge in [0.15, 0.2) is 44.8 Å². The molecule has 8 aliphatic rings. The normalized spacial score (nSPS) is 28.9. The zero-order chi connectivity index (χ0) is 98.5. The molecule has 12 aromatic rings. The van der Waals surface area contributed by atoms with Crippen LogP contribution in [0.4, 0.5) is 3.89 Å². The number of fused-ring (bicyclic) bond motifs is 12. The van der Waals surface area contributed by atoms with Gasteiger partial charge in [0.05, 0.1) is 148 Å². The van der Waals surface area contributed by atoms with Crippen LogP contribution in [0, 0.1) is 46.3 Å². The molecule has 0 saturated heterocycles. The second-order valence-corrected chi connectivity index (χ2v) is 38.8. The summed E-state index contributed by atoms with van der Waals surface area (Å²) in [4.78, 5) is 38.0. The van der Waals surface area contributed by atoms with Gasteiger partial charge in [-0.3, -0.25) is 24.7 Å². The van der Waals surface area contributed by atoms with E-state index in [2.05, 4.69) is 63.9 Å². The van der Waals surface area contributed by atoms with Crippen molar-refractivity contribution in [1.29, 1.82) is 10.5 Å². The van der Waals surface area contributed by atoms with Crippen molar-refractivity contribution in [3.05, 3.63) is 355 Å². The molecule has 6 unspecified atom stereocenters. The van der Waals surface area contributed by atoms with Gasteiger partial charge in [0.2, 0.25) is 5.91 Å². The number of halogens is 3. The summed E-state index contributed by atoms with van der Waals surface area (Å²) in [5.41, 5.74) is -4.09. The molecule has 716 valence electrons. The monoisotopic (exact) mass is 2010 g/mol. The number of benzene rings is 8. The number of hydrogen-bond acceptors (Lipinski definition) is 27. The second kappa shape index (κ2) is 39.4. The first kappa shape index (κ1) is 99.0. The number of hydrogen-bond donors (Lipinski definition) is 8. The average Bonchev–Trinajstić information content (AvgIpc) is 1.45. The molecule has 8 N–H and O–H groups in total. The quantitative estimate of drug-likeness (QED) is 0.0373. The topological polar surface area (TPSA) is 365 Å². The highest BCUT2D eigenvalue weighted by molar-refractivity contribution is 9.10. The molecule has 0 radical (unpaired) electrons. The average molecular weight is 2020 g/mol. The van der Waals surface area contributed by atoms with Crippen LogP contribution in [0.1, 0.15) is 102 Å². The third-order valence-corrected chi connectivity index (χ3v) is 29.5. The lowest BCUT2D eigenvalue weighted by Gasteiger charge is -2.41. The van der Waals surface area contributed by atoms with Crippen molar-refractivity contribution in [3.8, 4) is 58.1 Å². The van der Waals surface area contributed by atoms with Gasteiger partial charge in [0, 0.05) is 103 Å². The molecule has 4 saturated carbocycles. The number of carbonyl (C=O) groups excluding carboxylic acids is 1. The molecule has 8 aromatic carbocycles. The summed E-state index contributed by atoms with van der Waals surface area (Å²) in [6.45, 7) is 1.60. The van der Waals surface area contributed by atoms with Crippen LogP contribution in [0.2, 0.25) is 0 Å². The Morgan fingerprint density at radius 1 is 0.377 bits per heavy atom. The van der Waals surface area contributed by atoms with Crippen molar-refractivity contribution in [2.24, 2.45) is 23.7 Å². The highest BCUT2D eigenvalue weighted by Crippen LogP contribution is 2.75. The highest BCUT2D eigenvalue weighted by atomic mass is 79.9. The first-order chi connectivity index (χ1) is 66.3. The van der Waals surface area contributed by atoms with E-state index in [0.717, 1.165) is 36.8 Å². The Morgan fingerprint density at radius 3 is 0.826 bits per heavy atom. The molecule has 0 spiro atoms. The Morgan fingerprint density at radius 2 is 0.601 bits per heavy atom. The third kappa shape index (κ3) is 15.5. The van der Waals surface area contributed by atoms with E-state index in [1.165, 1.54) is 64.4 Å². The summed E-state index contributed by atoms with van der Waals surface area (Å²) >= 11 is 7.24. The van der Waals surface area contributed by atoms with Gasteiger partial charge in [0.25, 0.3) is 0 Å². The number of amides is 1. The van der Waals surface area contributed by atoms with E-state index in [4.69, 9.17) is 37.9 Å². The predicted molar refractivity (Wildman–Crippen MR) is 522 cm³/mol. The van der Waals surface area contributed by atoms with E-state index < -0.39 is 92.9 Å². The van der Waals surface area contributed by atoms with Crippen molar-refractivity contribution in [2.45, 2.75) is 92.9 Å². The molecule has 138 heavy (non-hydrogen) atoms. The summed E-state index contributed by atoms with van der Waals surface area (Å²) in [6.07, 6.45) is 8.70. The minimum absolute atomic E-state index is 0.250. The Balaban J connectivity index is 0.000000132. The first-order valence-corrected chi connectivity index (χ1v) is 47.5. The number of pyridine rings is 4. The summed E-state index contributed by atoms with van der Waals surface area (Å²) in [5.74, 6) is -1.41. The van der Waals surface area contributed by atoms with Gasteiger partial charge in [0.1, 0.15) is 52.1 Å². The van der Waals surface area contributed by atoms with E-state index in [0.29, 0.717) is 104 Å². The maximum Gasteiger partial charge on any atom is 0.228 e. The number of ether oxygens (including phenoxy) is 8. The van der Waals surface area contributed by atoms with E-state index in [-0.39, 0.29) is 53.0 Å². The Labute approximate surface area is 822 Å². The van der Waals surface area contributed by atoms with Crippen LogP contribution in [0.5, 0.6) is 46.0 Å². The van der Waals surface area contributed by atoms with Gasteiger partial charge in [-0.05, 0) is 135 Å². The van der Waals surface area contributed by atoms with Crippen LogP contribution in [-0.4, -0.2) is 221 Å². The number of nitrogens with zero attached hydrogens (tertiary/aromatic N) is 10. The third-order valence-electron chi connectivity index (χ3n) is 28.4. The molecule has 0 bridgehead atoms.